The monoisotopic (exact) mass is 419 g/mol. The van der Waals surface area contributed by atoms with Crippen LogP contribution >= 0.6 is 23.1 Å². The normalized spacial score (nSPS) is 11.7. The number of alkyl halides is 3. The third-order valence-electron chi connectivity index (χ3n) is 3.75. The molecule has 0 bridgehead atoms. The molecule has 0 amide bonds. The summed E-state index contributed by atoms with van der Waals surface area (Å²) < 4.78 is 39.9. The van der Waals surface area contributed by atoms with Gasteiger partial charge < -0.3 is 0 Å². The number of para-hydroxylation sites is 1. The van der Waals surface area contributed by atoms with Crippen LogP contribution in [0, 0.1) is 0 Å². The minimum Gasteiger partial charge on any atom is -0.273 e. The Labute approximate surface area is 166 Å². The van der Waals surface area contributed by atoms with Gasteiger partial charge in [-0.15, -0.1) is 31.7 Å². The van der Waals surface area contributed by atoms with Crippen LogP contribution in [0.5, 0.6) is 0 Å². The van der Waals surface area contributed by atoms with E-state index in [4.69, 9.17) is 0 Å². The quantitative estimate of drug-likeness (QED) is 0.462. The SMILES string of the molecule is FC(F)(F)c1ccc(Sc2nnc(Cc3cccs3)n2-c2ccccc2)nn1. The van der Waals surface area contributed by atoms with E-state index in [2.05, 4.69) is 20.4 Å². The molecule has 0 atom stereocenters. The van der Waals surface area contributed by atoms with Gasteiger partial charge >= 0.3 is 6.18 Å². The standard InChI is InChI=1S/C18H12F3N5S2/c19-18(20,21)14-8-9-16(24-22-14)28-17-25-23-15(11-13-7-4-10-27-13)26(17)12-5-2-1-3-6-12/h1-10H,11H2. The zero-order valence-electron chi connectivity index (χ0n) is 14.2. The molecular formula is C18H12F3N5S2. The predicted molar refractivity (Wildman–Crippen MR) is 99.6 cm³/mol. The van der Waals surface area contributed by atoms with E-state index in [0.717, 1.165) is 34.2 Å². The lowest BCUT2D eigenvalue weighted by atomic mass is 10.3. The van der Waals surface area contributed by atoms with E-state index < -0.39 is 11.9 Å². The summed E-state index contributed by atoms with van der Waals surface area (Å²) in [4.78, 5) is 1.13. The largest absolute Gasteiger partial charge is 0.435 e. The second kappa shape index (κ2) is 7.72. The first-order valence-electron chi connectivity index (χ1n) is 8.11. The fourth-order valence-electron chi connectivity index (χ4n) is 2.51. The van der Waals surface area contributed by atoms with Crippen LogP contribution in [0.4, 0.5) is 13.2 Å². The molecule has 0 aliphatic carbocycles. The van der Waals surface area contributed by atoms with Gasteiger partial charge in [0.05, 0.1) is 0 Å². The minimum atomic E-state index is -4.52. The average molecular weight is 419 g/mol. The highest BCUT2D eigenvalue weighted by molar-refractivity contribution is 7.99. The summed E-state index contributed by atoms with van der Waals surface area (Å²) in [5.74, 6) is 0.732. The molecule has 0 aliphatic rings. The number of benzene rings is 1. The van der Waals surface area contributed by atoms with Crippen molar-refractivity contribution in [1.82, 2.24) is 25.0 Å². The first-order chi connectivity index (χ1) is 13.5. The van der Waals surface area contributed by atoms with Crippen LogP contribution in [0.15, 0.2) is 70.2 Å². The Morgan fingerprint density at radius 1 is 0.893 bits per heavy atom. The van der Waals surface area contributed by atoms with Crippen molar-refractivity contribution < 1.29 is 13.2 Å². The lowest BCUT2D eigenvalue weighted by Gasteiger charge is -2.09. The number of rotatable bonds is 5. The predicted octanol–water partition coefficient (Wildman–Crippen LogP) is 4.88. The average Bonchev–Trinajstić information content (AvgIpc) is 3.33. The fraction of sp³-hybridized carbons (Fsp3) is 0.111. The van der Waals surface area contributed by atoms with Crippen LogP contribution in [0.2, 0.25) is 0 Å². The first kappa shape index (κ1) is 18.6. The molecule has 3 aromatic heterocycles. The third-order valence-corrected chi connectivity index (χ3v) is 5.50. The van der Waals surface area contributed by atoms with E-state index in [1.165, 1.54) is 6.07 Å². The Morgan fingerprint density at radius 3 is 2.36 bits per heavy atom. The Bertz CT molecular complexity index is 1050. The molecule has 0 radical (unpaired) electrons. The van der Waals surface area contributed by atoms with Gasteiger partial charge in [0.15, 0.2) is 5.69 Å². The maximum Gasteiger partial charge on any atom is 0.435 e. The molecule has 3 heterocycles. The molecule has 0 spiro atoms. The zero-order chi connectivity index (χ0) is 19.6. The smallest absolute Gasteiger partial charge is 0.273 e. The summed E-state index contributed by atoms with van der Waals surface area (Å²) in [7, 11) is 0. The van der Waals surface area contributed by atoms with Gasteiger partial charge in [0.1, 0.15) is 10.9 Å². The molecule has 0 saturated heterocycles. The molecular weight excluding hydrogens is 407 g/mol. The molecule has 1 aromatic carbocycles. The van der Waals surface area contributed by atoms with Gasteiger partial charge in [-0.3, -0.25) is 4.57 Å². The van der Waals surface area contributed by atoms with E-state index in [9.17, 15) is 13.2 Å². The lowest BCUT2D eigenvalue weighted by Crippen LogP contribution is -2.09. The molecule has 0 unspecified atom stereocenters. The number of aromatic nitrogens is 5. The Morgan fingerprint density at radius 2 is 1.71 bits per heavy atom. The molecule has 0 fully saturated rings. The minimum absolute atomic E-state index is 0.306. The first-order valence-corrected chi connectivity index (χ1v) is 9.81. The van der Waals surface area contributed by atoms with Crippen molar-refractivity contribution in [1.29, 1.82) is 0 Å². The number of hydrogen-bond donors (Lipinski definition) is 0. The maximum absolute atomic E-state index is 12.7. The maximum atomic E-state index is 12.7. The highest BCUT2D eigenvalue weighted by atomic mass is 32.2. The van der Waals surface area contributed by atoms with Gasteiger partial charge in [-0.25, -0.2) is 0 Å². The van der Waals surface area contributed by atoms with Crippen LogP contribution in [-0.2, 0) is 12.6 Å². The number of thiophene rings is 1. The topological polar surface area (TPSA) is 56.5 Å². The summed E-state index contributed by atoms with van der Waals surface area (Å²) in [6.07, 6.45) is -3.92. The van der Waals surface area contributed by atoms with E-state index in [0.29, 0.717) is 16.6 Å². The van der Waals surface area contributed by atoms with Crippen LogP contribution in [0.1, 0.15) is 16.4 Å². The summed E-state index contributed by atoms with van der Waals surface area (Å²) in [5.41, 5.74) is -0.166. The van der Waals surface area contributed by atoms with Gasteiger partial charge in [-0.2, -0.15) is 13.2 Å². The Kier molecular flexibility index (Phi) is 5.14. The molecule has 0 saturated carbocycles. The molecule has 4 rings (SSSR count). The van der Waals surface area contributed by atoms with Gasteiger partial charge in [-0.1, -0.05) is 24.3 Å². The van der Waals surface area contributed by atoms with Crippen molar-refractivity contribution >= 4 is 23.1 Å². The Balaban J connectivity index is 1.68. The molecule has 0 aliphatic heterocycles. The summed E-state index contributed by atoms with van der Waals surface area (Å²) in [5, 5.41) is 18.3. The molecule has 0 N–H and O–H groups in total. The molecule has 142 valence electrons. The van der Waals surface area contributed by atoms with Crippen molar-refractivity contribution in [2.75, 3.05) is 0 Å². The van der Waals surface area contributed by atoms with Crippen LogP contribution < -0.4 is 0 Å². The third kappa shape index (κ3) is 4.07. The lowest BCUT2D eigenvalue weighted by molar-refractivity contribution is -0.141. The van der Waals surface area contributed by atoms with E-state index >= 15 is 0 Å². The number of nitrogens with zero attached hydrogens (tertiary/aromatic N) is 5. The second-order valence-electron chi connectivity index (χ2n) is 5.68. The van der Waals surface area contributed by atoms with Gasteiger partial charge in [-0.05, 0) is 47.5 Å². The van der Waals surface area contributed by atoms with Crippen molar-refractivity contribution in [3.63, 3.8) is 0 Å². The highest BCUT2D eigenvalue weighted by Crippen LogP contribution is 2.31. The molecule has 10 heteroatoms. The van der Waals surface area contributed by atoms with Crippen LogP contribution in [-0.4, -0.2) is 25.0 Å². The van der Waals surface area contributed by atoms with E-state index in [1.54, 1.807) is 11.3 Å². The van der Waals surface area contributed by atoms with E-state index in [1.807, 2.05) is 52.4 Å². The highest BCUT2D eigenvalue weighted by Gasteiger charge is 2.33. The summed E-state index contributed by atoms with van der Waals surface area (Å²) >= 11 is 2.74. The van der Waals surface area contributed by atoms with Gasteiger partial charge in [0.2, 0.25) is 5.16 Å². The second-order valence-corrected chi connectivity index (χ2v) is 7.70. The van der Waals surface area contributed by atoms with Crippen molar-refractivity contribution in [2.45, 2.75) is 22.8 Å². The van der Waals surface area contributed by atoms with Gasteiger partial charge in [0.25, 0.3) is 0 Å². The van der Waals surface area contributed by atoms with E-state index in [-0.39, 0.29) is 0 Å². The van der Waals surface area contributed by atoms with Crippen LogP contribution in [0.25, 0.3) is 5.69 Å². The summed E-state index contributed by atoms with van der Waals surface area (Å²) in [6.45, 7) is 0. The number of halogens is 3. The number of hydrogen-bond acceptors (Lipinski definition) is 6. The molecule has 28 heavy (non-hydrogen) atoms. The van der Waals surface area contributed by atoms with Crippen molar-refractivity contribution in [3.05, 3.63) is 76.4 Å². The Hall–Kier alpha value is -2.72. The summed E-state index contributed by atoms with van der Waals surface area (Å²) in [6, 6.07) is 15.7. The van der Waals surface area contributed by atoms with Crippen molar-refractivity contribution in [2.24, 2.45) is 0 Å². The van der Waals surface area contributed by atoms with Crippen LogP contribution in [0.3, 0.4) is 0 Å². The zero-order valence-corrected chi connectivity index (χ0v) is 15.8. The molecule has 5 nitrogen and oxygen atoms in total. The van der Waals surface area contributed by atoms with Crippen molar-refractivity contribution in [3.8, 4) is 5.69 Å². The van der Waals surface area contributed by atoms with Gasteiger partial charge in [0, 0.05) is 17.0 Å². The fourth-order valence-corrected chi connectivity index (χ4v) is 4.00. The molecule has 4 aromatic rings.